The standard InChI is InChI=1S/C21H20N4O4/c26-18(22-16-8-4-9-17(14-16)25-12-13-28-21(25)27)10-5-11-19-23-24-20(29-19)15-6-2-1-3-7-15/h1-4,6-9,14H,5,10-13H2,(H,22,26). The molecule has 0 spiro atoms. The van der Waals surface area contributed by atoms with Crippen LogP contribution in [0.2, 0.25) is 0 Å². The van der Waals surface area contributed by atoms with E-state index in [0.717, 1.165) is 5.56 Å². The van der Waals surface area contributed by atoms with Gasteiger partial charge in [0.15, 0.2) is 0 Å². The number of hydrogen-bond donors (Lipinski definition) is 1. The van der Waals surface area contributed by atoms with Gasteiger partial charge in [0.05, 0.1) is 6.54 Å². The Bertz CT molecular complexity index is 1000. The van der Waals surface area contributed by atoms with E-state index in [1.54, 1.807) is 18.2 Å². The summed E-state index contributed by atoms with van der Waals surface area (Å²) in [6.45, 7) is 0.877. The fourth-order valence-corrected chi connectivity index (χ4v) is 3.06. The molecule has 0 saturated carbocycles. The van der Waals surface area contributed by atoms with Crippen LogP contribution in [0.4, 0.5) is 16.2 Å². The molecule has 8 heteroatoms. The van der Waals surface area contributed by atoms with E-state index < -0.39 is 0 Å². The Labute approximate surface area is 167 Å². The summed E-state index contributed by atoms with van der Waals surface area (Å²) in [5.41, 5.74) is 2.20. The topological polar surface area (TPSA) is 97.6 Å². The Hall–Kier alpha value is -3.68. The molecule has 148 valence electrons. The number of carbonyl (C=O) groups is 2. The molecule has 0 atom stereocenters. The molecule has 2 amide bonds. The highest BCUT2D eigenvalue weighted by molar-refractivity contribution is 5.93. The van der Waals surface area contributed by atoms with Gasteiger partial charge in [0, 0.05) is 29.8 Å². The summed E-state index contributed by atoms with van der Waals surface area (Å²) in [6, 6.07) is 16.7. The number of anilines is 2. The van der Waals surface area contributed by atoms with Gasteiger partial charge < -0.3 is 14.5 Å². The summed E-state index contributed by atoms with van der Waals surface area (Å²) in [6.07, 6.45) is 1.05. The zero-order chi connectivity index (χ0) is 20.1. The van der Waals surface area contributed by atoms with E-state index in [0.29, 0.717) is 55.6 Å². The SMILES string of the molecule is O=C(CCCc1nnc(-c2ccccc2)o1)Nc1cccc(N2CCOC2=O)c1. The fourth-order valence-electron chi connectivity index (χ4n) is 3.06. The van der Waals surface area contributed by atoms with Crippen molar-refractivity contribution in [1.29, 1.82) is 0 Å². The predicted molar refractivity (Wildman–Crippen MR) is 106 cm³/mol. The van der Waals surface area contributed by atoms with Gasteiger partial charge in [-0.15, -0.1) is 10.2 Å². The smallest absolute Gasteiger partial charge is 0.414 e. The van der Waals surface area contributed by atoms with Crippen LogP contribution in [0.25, 0.3) is 11.5 Å². The molecule has 0 radical (unpaired) electrons. The number of benzene rings is 2. The summed E-state index contributed by atoms with van der Waals surface area (Å²) in [7, 11) is 0. The summed E-state index contributed by atoms with van der Waals surface area (Å²) < 4.78 is 10.6. The molecule has 2 aromatic carbocycles. The summed E-state index contributed by atoms with van der Waals surface area (Å²) in [5.74, 6) is 0.863. The van der Waals surface area contributed by atoms with Crippen molar-refractivity contribution in [2.24, 2.45) is 0 Å². The largest absolute Gasteiger partial charge is 0.447 e. The molecule has 29 heavy (non-hydrogen) atoms. The highest BCUT2D eigenvalue weighted by atomic mass is 16.6. The third-order valence-corrected chi connectivity index (χ3v) is 4.48. The Morgan fingerprint density at radius 1 is 1.10 bits per heavy atom. The number of aromatic nitrogens is 2. The Morgan fingerprint density at radius 2 is 1.97 bits per heavy atom. The van der Waals surface area contributed by atoms with Crippen molar-refractivity contribution in [3.63, 3.8) is 0 Å². The number of aryl methyl sites for hydroxylation is 1. The van der Waals surface area contributed by atoms with Crippen molar-refractivity contribution in [1.82, 2.24) is 10.2 Å². The lowest BCUT2D eigenvalue weighted by Crippen LogP contribution is -2.23. The van der Waals surface area contributed by atoms with Gasteiger partial charge in [-0.1, -0.05) is 24.3 Å². The second kappa shape index (κ2) is 8.55. The average molecular weight is 392 g/mol. The van der Waals surface area contributed by atoms with Crippen LogP contribution in [0.3, 0.4) is 0 Å². The molecular formula is C21H20N4O4. The van der Waals surface area contributed by atoms with Crippen LogP contribution in [0.15, 0.2) is 59.0 Å². The number of ether oxygens (including phenoxy) is 1. The molecular weight excluding hydrogens is 372 g/mol. The van der Waals surface area contributed by atoms with Crippen LogP contribution in [0.1, 0.15) is 18.7 Å². The molecule has 0 bridgehead atoms. The molecule has 0 unspecified atom stereocenters. The highest BCUT2D eigenvalue weighted by Gasteiger charge is 2.23. The van der Waals surface area contributed by atoms with Crippen molar-refractivity contribution < 1.29 is 18.7 Å². The minimum absolute atomic E-state index is 0.117. The maximum atomic E-state index is 12.2. The first-order chi connectivity index (χ1) is 14.2. The van der Waals surface area contributed by atoms with Gasteiger partial charge in [-0.3, -0.25) is 9.69 Å². The van der Waals surface area contributed by atoms with Gasteiger partial charge in [0.25, 0.3) is 0 Å². The van der Waals surface area contributed by atoms with Gasteiger partial charge in [0.2, 0.25) is 17.7 Å². The van der Waals surface area contributed by atoms with Crippen LogP contribution in [-0.4, -0.2) is 35.3 Å². The van der Waals surface area contributed by atoms with Crippen molar-refractivity contribution in [3.8, 4) is 11.5 Å². The lowest BCUT2D eigenvalue weighted by molar-refractivity contribution is -0.116. The zero-order valence-corrected chi connectivity index (χ0v) is 15.7. The van der Waals surface area contributed by atoms with Crippen LogP contribution < -0.4 is 10.2 Å². The number of nitrogens with zero attached hydrogens (tertiary/aromatic N) is 3. The van der Waals surface area contributed by atoms with E-state index in [2.05, 4.69) is 15.5 Å². The molecule has 1 aromatic heterocycles. The van der Waals surface area contributed by atoms with Crippen molar-refractivity contribution >= 4 is 23.4 Å². The number of cyclic esters (lactones) is 1. The molecule has 1 aliphatic rings. The van der Waals surface area contributed by atoms with E-state index in [1.165, 1.54) is 4.90 Å². The van der Waals surface area contributed by atoms with Gasteiger partial charge in [-0.25, -0.2) is 4.79 Å². The molecule has 1 saturated heterocycles. The monoisotopic (exact) mass is 392 g/mol. The molecule has 0 aliphatic carbocycles. The average Bonchev–Trinajstić information content (AvgIpc) is 3.38. The van der Waals surface area contributed by atoms with Crippen LogP contribution in [-0.2, 0) is 16.0 Å². The maximum Gasteiger partial charge on any atom is 0.414 e. The molecule has 1 N–H and O–H groups in total. The number of carbonyl (C=O) groups excluding carboxylic acids is 2. The third kappa shape index (κ3) is 4.60. The van der Waals surface area contributed by atoms with E-state index in [4.69, 9.17) is 9.15 Å². The molecule has 4 rings (SSSR count). The van der Waals surface area contributed by atoms with Gasteiger partial charge in [-0.05, 0) is 36.8 Å². The normalized spacial score (nSPS) is 13.4. The van der Waals surface area contributed by atoms with E-state index >= 15 is 0 Å². The quantitative estimate of drug-likeness (QED) is 0.659. The highest BCUT2D eigenvalue weighted by Crippen LogP contribution is 2.23. The molecule has 8 nitrogen and oxygen atoms in total. The number of rotatable bonds is 7. The minimum atomic E-state index is -0.372. The number of hydrogen-bond acceptors (Lipinski definition) is 6. The minimum Gasteiger partial charge on any atom is -0.447 e. The summed E-state index contributed by atoms with van der Waals surface area (Å²) in [4.78, 5) is 25.5. The second-order valence-corrected chi connectivity index (χ2v) is 6.59. The summed E-state index contributed by atoms with van der Waals surface area (Å²) >= 11 is 0. The third-order valence-electron chi connectivity index (χ3n) is 4.48. The maximum absolute atomic E-state index is 12.2. The molecule has 2 heterocycles. The first-order valence-corrected chi connectivity index (χ1v) is 9.41. The van der Waals surface area contributed by atoms with Gasteiger partial charge in [0.1, 0.15) is 6.61 Å². The Balaban J connectivity index is 1.28. The molecule has 3 aromatic rings. The van der Waals surface area contributed by atoms with E-state index in [-0.39, 0.29) is 12.0 Å². The Kier molecular flexibility index (Phi) is 5.51. The Morgan fingerprint density at radius 3 is 2.76 bits per heavy atom. The number of amides is 2. The first-order valence-electron chi connectivity index (χ1n) is 9.41. The predicted octanol–water partition coefficient (Wildman–Crippen LogP) is 3.65. The fraction of sp³-hybridized carbons (Fsp3) is 0.238. The van der Waals surface area contributed by atoms with E-state index in [9.17, 15) is 9.59 Å². The zero-order valence-electron chi connectivity index (χ0n) is 15.7. The van der Waals surface area contributed by atoms with Crippen LogP contribution in [0.5, 0.6) is 0 Å². The second-order valence-electron chi connectivity index (χ2n) is 6.59. The molecule has 1 fully saturated rings. The van der Waals surface area contributed by atoms with Crippen molar-refractivity contribution in [2.45, 2.75) is 19.3 Å². The van der Waals surface area contributed by atoms with Crippen molar-refractivity contribution in [3.05, 3.63) is 60.5 Å². The van der Waals surface area contributed by atoms with Crippen LogP contribution in [0, 0.1) is 0 Å². The molecule has 1 aliphatic heterocycles. The lowest BCUT2D eigenvalue weighted by Gasteiger charge is -2.14. The van der Waals surface area contributed by atoms with E-state index in [1.807, 2.05) is 36.4 Å². The summed E-state index contributed by atoms with van der Waals surface area (Å²) in [5, 5.41) is 10.9. The van der Waals surface area contributed by atoms with Gasteiger partial charge >= 0.3 is 6.09 Å². The first kappa shape index (κ1) is 18.7. The van der Waals surface area contributed by atoms with Crippen molar-refractivity contribution in [2.75, 3.05) is 23.4 Å². The van der Waals surface area contributed by atoms with Crippen LogP contribution >= 0.6 is 0 Å². The lowest BCUT2D eigenvalue weighted by atomic mass is 10.2. The van der Waals surface area contributed by atoms with Gasteiger partial charge in [-0.2, -0.15) is 0 Å². The number of nitrogens with one attached hydrogen (secondary N) is 1.